The molecule has 0 aliphatic rings. The highest BCUT2D eigenvalue weighted by Gasteiger charge is 2.31. The molecular weight excluding hydrogens is 853 g/mol. The van der Waals surface area contributed by atoms with Gasteiger partial charge in [-0.15, -0.1) is 0 Å². The third-order valence-corrected chi connectivity index (χ3v) is 10.5. The largest absolute Gasteiger partial charge is 0.489 e. The van der Waals surface area contributed by atoms with Crippen LogP contribution in [0.4, 0.5) is 0 Å². The average Bonchev–Trinajstić information content (AvgIpc) is 3.37. The number of benzene rings is 6. The molecule has 9 nitrogen and oxygen atoms in total. The lowest BCUT2D eigenvalue weighted by Crippen LogP contribution is -2.25. The Morgan fingerprint density at radius 3 is 0.691 bits per heavy atom. The normalized spacial score (nSPS) is 10.7. The molecule has 68 heavy (non-hydrogen) atoms. The number of rotatable bonds is 30. The minimum atomic E-state index is -0.605. The SMILES string of the molecule is C=CCOc1cc(COc2ccc(C(C)(c3ccc(OCc4cc(OCC=C)cc(OCC=C)c4)cc3)c3ccc(OCc4cc(OCC=C)cc(OCC=C)c4)cc3)cc2)cc(OCC=C)c1. The molecule has 9 heteroatoms. The van der Waals surface area contributed by atoms with Gasteiger partial charge in [-0.05, 0) is 113 Å². The predicted molar refractivity (Wildman–Crippen MR) is 271 cm³/mol. The number of hydrogen-bond acceptors (Lipinski definition) is 9. The summed E-state index contributed by atoms with van der Waals surface area (Å²) in [5.41, 5.74) is 5.25. The summed E-state index contributed by atoms with van der Waals surface area (Å²) in [6.45, 7) is 27.9. The summed E-state index contributed by atoms with van der Waals surface area (Å²) in [5.74, 6) is 6.14. The van der Waals surface area contributed by atoms with Crippen molar-refractivity contribution >= 4 is 0 Å². The summed E-state index contributed by atoms with van der Waals surface area (Å²) < 4.78 is 53.9. The highest BCUT2D eigenvalue weighted by Crippen LogP contribution is 2.41. The first-order valence-corrected chi connectivity index (χ1v) is 22.3. The van der Waals surface area contributed by atoms with Crippen molar-refractivity contribution in [1.29, 1.82) is 0 Å². The standard InChI is InChI=1S/C59H60O9/c1-8-26-60-53-32-44(33-54(38-53)61-27-9-2)41-66-50-20-14-47(15-21-50)59(7,48-16-22-51(23-17-48)67-42-45-34-55(62-28-10-3)39-56(35-45)63-29-11-4)49-18-24-52(25-19-49)68-43-46-36-57(64-30-12-5)40-58(37-46)65-31-13-6/h8-25,32-40H,1-6,26-31,41-43H2,7H3. The van der Waals surface area contributed by atoms with Gasteiger partial charge in [-0.3, -0.25) is 0 Å². The molecule has 0 aromatic heterocycles. The van der Waals surface area contributed by atoms with Crippen LogP contribution in [0.2, 0.25) is 0 Å². The lowest BCUT2D eigenvalue weighted by atomic mass is 9.71. The number of ether oxygens (including phenoxy) is 9. The van der Waals surface area contributed by atoms with E-state index in [1.54, 1.807) is 36.5 Å². The van der Waals surface area contributed by atoms with Gasteiger partial charge >= 0.3 is 0 Å². The second-order valence-electron chi connectivity index (χ2n) is 15.6. The fourth-order valence-corrected chi connectivity index (χ4v) is 7.23. The van der Waals surface area contributed by atoms with E-state index in [0.29, 0.717) is 111 Å². The third kappa shape index (κ3) is 14.2. The molecule has 0 radical (unpaired) electrons. The van der Waals surface area contributed by atoms with Gasteiger partial charge in [0, 0.05) is 23.6 Å². The van der Waals surface area contributed by atoms with Crippen LogP contribution < -0.4 is 42.6 Å². The van der Waals surface area contributed by atoms with Crippen molar-refractivity contribution in [1.82, 2.24) is 0 Å². The van der Waals surface area contributed by atoms with Crippen molar-refractivity contribution in [2.45, 2.75) is 32.2 Å². The van der Waals surface area contributed by atoms with Crippen LogP contribution in [-0.2, 0) is 25.2 Å². The van der Waals surface area contributed by atoms with Gasteiger partial charge in [-0.2, -0.15) is 0 Å². The van der Waals surface area contributed by atoms with E-state index in [0.717, 1.165) is 33.4 Å². The minimum absolute atomic E-state index is 0.305. The van der Waals surface area contributed by atoms with E-state index in [2.05, 4.69) is 82.8 Å². The Bertz CT molecular complexity index is 2220. The van der Waals surface area contributed by atoms with Gasteiger partial charge in [-0.25, -0.2) is 0 Å². The molecule has 0 saturated carbocycles. The first kappa shape index (κ1) is 49.4. The topological polar surface area (TPSA) is 83.1 Å². The predicted octanol–water partition coefficient (Wildman–Crippen LogP) is 13.2. The third-order valence-electron chi connectivity index (χ3n) is 10.5. The molecule has 6 aromatic rings. The van der Waals surface area contributed by atoms with Gasteiger partial charge < -0.3 is 42.6 Å². The van der Waals surface area contributed by atoms with Crippen LogP contribution in [0.3, 0.4) is 0 Å². The molecule has 0 aliphatic heterocycles. The van der Waals surface area contributed by atoms with Gasteiger partial charge in [0.2, 0.25) is 0 Å². The van der Waals surface area contributed by atoms with E-state index < -0.39 is 5.41 Å². The van der Waals surface area contributed by atoms with Crippen LogP contribution in [0.5, 0.6) is 51.7 Å². The number of hydrogen-bond donors (Lipinski definition) is 0. The minimum Gasteiger partial charge on any atom is -0.489 e. The molecule has 0 bridgehead atoms. The average molecular weight is 913 g/mol. The van der Waals surface area contributed by atoms with Crippen LogP contribution in [0, 0.1) is 0 Å². The molecule has 6 rings (SSSR count). The Morgan fingerprint density at radius 2 is 0.500 bits per heavy atom. The zero-order valence-electron chi connectivity index (χ0n) is 38.9. The fourth-order valence-electron chi connectivity index (χ4n) is 7.23. The van der Waals surface area contributed by atoms with Crippen molar-refractivity contribution in [2.24, 2.45) is 0 Å². The summed E-state index contributed by atoms with van der Waals surface area (Å²) in [6, 6.07) is 41.8. The van der Waals surface area contributed by atoms with E-state index in [4.69, 9.17) is 42.6 Å². The molecule has 0 saturated heterocycles. The maximum Gasteiger partial charge on any atom is 0.123 e. The quantitative estimate of drug-likeness (QED) is 0.0324. The lowest BCUT2D eigenvalue weighted by Gasteiger charge is -2.32. The summed E-state index contributed by atoms with van der Waals surface area (Å²) in [4.78, 5) is 0. The lowest BCUT2D eigenvalue weighted by molar-refractivity contribution is 0.301. The maximum absolute atomic E-state index is 6.32. The first-order chi connectivity index (χ1) is 33.3. The fraction of sp³-hybridized carbons (Fsp3) is 0.186. The molecule has 0 N–H and O–H groups in total. The van der Waals surface area contributed by atoms with E-state index >= 15 is 0 Å². The molecule has 350 valence electrons. The van der Waals surface area contributed by atoms with Crippen LogP contribution in [0.25, 0.3) is 0 Å². The molecule has 0 atom stereocenters. The monoisotopic (exact) mass is 912 g/mol. The van der Waals surface area contributed by atoms with E-state index in [-0.39, 0.29) is 0 Å². The first-order valence-electron chi connectivity index (χ1n) is 22.3. The molecule has 0 aliphatic carbocycles. The van der Waals surface area contributed by atoms with Gasteiger partial charge in [-0.1, -0.05) is 112 Å². The van der Waals surface area contributed by atoms with Crippen LogP contribution in [-0.4, -0.2) is 39.6 Å². The van der Waals surface area contributed by atoms with Crippen molar-refractivity contribution in [3.63, 3.8) is 0 Å². The van der Waals surface area contributed by atoms with Gasteiger partial charge in [0.05, 0.1) is 0 Å². The Morgan fingerprint density at radius 1 is 0.294 bits per heavy atom. The zero-order valence-corrected chi connectivity index (χ0v) is 38.9. The van der Waals surface area contributed by atoms with Crippen molar-refractivity contribution in [2.75, 3.05) is 39.6 Å². The Hall–Kier alpha value is -8.04. The Balaban J connectivity index is 1.25. The molecule has 0 spiro atoms. The second-order valence-corrected chi connectivity index (χ2v) is 15.6. The summed E-state index contributed by atoms with van der Waals surface area (Å²) >= 11 is 0. The highest BCUT2D eigenvalue weighted by atomic mass is 16.5. The molecule has 0 heterocycles. The van der Waals surface area contributed by atoms with Crippen LogP contribution in [0.1, 0.15) is 40.3 Å². The maximum atomic E-state index is 6.32. The molecule has 6 aromatic carbocycles. The molecule has 0 unspecified atom stereocenters. The summed E-state index contributed by atoms with van der Waals surface area (Å²) in [7, 11) is 0. The van der Waals surface area contributed by atoms with Gasteiger partial charge in [0.1, 0.15) is 111 Å². The van der Waals surface area contributed by atoms with Crippen LogP contribution >= 0.6 is 0 Å². The zero-order chi connectivity index (χ0) is 48.0. The highest BCUT2D eigenvalue weighted by molar-refractivity contribution is 5.52. The molecule has 0 amide bonds. The second kappa shape index (κ2) is 25.6. The van der Waals surface area contributed by atoms with Crippen LogP contribution in [0.15, 0.2) is 203 Å². The summed E-state index contributed by atoms with van der Waals surface area (Å²) in [5, 5.41) is 0. The van der Waals surface area contributed by atoms with Gasteiger partial charge in [0.15, 0.2) is 0 Å². The van der Waals surface area contributed by atoms with E-state index in [9.17, 15) is 0 Å². The summed E-state index contributed by atoms with van der Waals surface area (Å²) in [6.07, 6.45) is 10.2. The molecule has 0 fully saturated rings. The van der Waals surface area contributed by atoms with Crippen molar-refractivity contribution in [3.05, 3.63) is 237 Å². The molecular formula is C59H60O9. The van der Waals surface area contributed by atoms with E-state index in [1.807, 2.05) is 91.0 Å². The smallest absolute Gasteiger partial charge is 0.123 e. The Kier molecular flexibility index (Phi) is 18.6. The van der Waals surface area contributed by atoms with Gasteiger partial charge in [0.25, 0.3) is 0 Å². The van der Waals surface area contributed by atoms with Crippen molar-refractivity contribution < 1.29 is 42.6 Å². The van der Waals surface area contributed by atoms with E-state index in [1.165, 1.54) is 0 Å². The van der Waals surface area contributed by atoms with Crippen molar-refractivity contribution in [3.8, 4) is 51.7 Å². The Labute approximate surface area is 401 Å².